The summed E-state index contributed by atoms with van der Waals surface area (Å²) in [7, 11) is 0. The summed E-state index contributed by atoms with van der Waals surface area (Å²) >= 11 is 0. The number of benzene rings is 2. The number of hydrogen-bond donors (Lipinski definition) is 2. The standard InChI is InChI=1S/C22H24F3NO5/c1-12(2)19(30-11-14-4-9-17(23)18(10-14)31-22(24)25)20(27)26-13(3)15-5-7-16(8-6-15)21(28)29/h4-10,12-13,19,22H,11H2,1-3H3,(H,26,27)(H,28,29). The van der Waals surface area contributed by atoms with Gasteiger partial charge < -0.3 is 19.9 Å². The number of carboxylic acids is 1. The average Bonchev–Trinajstić information content (AvgIpc) is 2.69. The molecule has 1 amide bonds. The number of carbonyl (C=O) groups excluding carboxylic acids is 1. The number of nitrogens with one attached hydrogen (secondary N) is 1. The largest absolute Gasteiger partial charge is 0.478 e. The highest BCUT2D eigenvalue weighted by Gasteiger charge is 2.25. The number of ether oxygens (including phenoxy) is 2. The number of carbonyl (C=O) groups is 2. The molecule has 9 heteroatoms. The van der Waals surface area contributed by atoms with Crippen molar-refractivity contribution in [1.29, 1.82) is 0 Å². The van der Waals surface area contributed by atoms with Crippen LogP contribution in [0.4, 0.5) is 13.2 Å². The van der Waals surface area contributed by atoms with Gasteiger partial charge in [-0.05, 0) is 48.2 Å². The lowest BCUT2D eigenvalue weighted by molar-refractivity contribution is -0.137. The molecule has 168 valence electrons. The molecule has 2 rings (SSSR count). The molecule has 6 nitrogen and oxygen atoms in total. The third kappa shape index (κ3) is 6.99. The van der Waals surface area contributed by atoms with Crippen LogP contribution in [-0.4, -0.2) is 29.7 Å². The molecule has 2 aromatic carbocycles. The van der Waals surface area contributed by atoms with Crippen molar-refractivity contribution in [1.82, 2.24) is 5.32 Å². The smallest absolute Gasteiger partial charge is 0.387 e. The van der Waals surface area contributed by atoms with E-state index < -0.39 is 42.2 Å². The Morgan fingerprint density at radius 1 is 1.06 bits per heavy atom. The van der Waals surface area contributed by atoms with Gasteiger partial charge in [0.2, 0.25) is 5.91 Å². The molecular formula is C22H24F3NO5. The molecule has 31 heavy (non-hydrogen) atoms. The van der Waals surface area contributed by atoms with Gasteiger partial charge in [-0.1, -0.05) is 32.0 Å². The van der Waals surface area contributed by atoms with Crippen molar-refractivity contribution in [3.8, 4) is 5.75 Å². The van der Waals surface area contributed by atoms with Crippen LogP contribution < -0.4 is 10.1 Å². The molecule has 0 aliphatic carbocycles. The van der Waals surface area contributed by atoms with E-state index in [0.717, 1.165) is 12.1 Å². The van der Waals surface area contributed by atoms with Crippen molar-refractivity contribution in [3.63, 3.8) is 0 Å². The Labute approximate surface area is 178 Å². The third-order valence-electron chi connectivity index (χ3n) is 4.52. The number of hydrogen-bond acceptors (Lipinski definition) is 4. The van der Waals surface area contributed by atoms with Crippen LogP contribution in [0.15, 0.2) is 42.5 Å². The van der Waals surface area contributed by atoms with Crippen LogP contribution in [0.3, 0.4) is 0 Å². The van der Waals surface area contributed by atoms with Gasteiger partial charge in [-0.15, -0.1) is 0 Å². The topological polar surface area (TPSA) is 84.9 Å². The molecule has 0 aliphatic rings. The first-order chi connectivity index (χ1) is 14.6. The van der Waals surface area contributed by atoms with Crippen molar-refractivity contribution < 1.29 is 37.3 Å². The summed E-state index contributed by atoms with van der Waals surface area (Å²) in [6.07, 6.45) is -0.856. The Morgan fingerprint density at radius 2 is 1.71 bits per heavy atom. The maximum Gasteiger partial charge on any atom is 0.387 e. The van der Waals surface area contributed by atoms with E-state index in [1.54, 1.807) is 32.9 Å². The lowest BCUT2D eigenvalue weighted by Gasteiger charge is -2.24. The molecule has 0 bridgehead atoms. The average molecular weight is 439 g/mol. The number of amides is 1. The molecule has 0 saturated heterocycles. The first-order valence-electron chi connectivity index (χ1n) is 9.57. The monoisotopic (exact) mass is 439 g/mol. The molecule has 0 heterocycles. The van der Waals surface area contributed by atoms with E-state index in [1.807, 2.05) is 0 Å². The van der Waals surface area contributed by atoms with E-state index in [2.05, 4.69) is 10.1 Å². The van der Waals surface area contributed by atoms with Gasteiger partial charge in [0.25, 0.3) is 0 Å². The predicted molar refractivity (Wildman–Crippen MR) is 106 cm³/mol. The maximum absolute atomic E-state index is 13.6. The van der Waals surface area contributed by atoms with E-state index in [0.29, 0.717) is 11.1 Å². The van der Waals surface area contributed by atoms with E-state index in [9.17, 15) is 22.8 Å². The van der Waals surface area contributed by atoms with Crippen LogP contribution in [-0.2, 0) is 16.1 Å². The summed E-state index contributed by atoms with van der Waals surface area (Å²) in [6, 6.07) is 9.17. The van der Waals surface area contributed by atoms with Gasteiger partial charge in [0.15, 0.2) is 11.6 Å². The Kier molecular flexibility index (Phi) is 8.44. The molecule has 0 aliphatic heterocycles. The molecular weight excluding hydrogens is 415 g/mol. The second-order valence-corrected chi connectivity index (χ2v) is 7.28. The Hall–Kier alpha value is -3.07. The number of alkyl halides is 2. The predicted octanol–water partition coefficient (Wildman–Crippen LogP) is 4.54. The van der Waals surface area contributed by atoms with Crippen molar-refractivity contribution >= 4 is 11.9 Å². The SMILES string of the molecule is CC(NC(=O)C(OCc1ccc(F)c(OC(F)F)c1)C(C)C)c1ccc(C(=O)O)cc1. The highest BCUT2D eigenvalue weighted by atomic mass is 19.3. The van der Waals surface area contributed by atoms with Crippen LogP contribution >= 0.6 is 0 Å². The number of rotatable bonds is 10. The second kappa shape index (κ2) is 10.8. The van der Waals surface area contributed by atoms with Crippen molar-refractivity contribution in [2.24, 2.45) is 5.92 Å². The summed E-state index contributed by atoms with van der Waals surface area (Å²) in [4.78, 5) is 23.7. The minimum Gasteiger partial charge on any atom is -0.478 e. The van der Waals surface area contributed by atoms with Gasteiger partial charge in [0.05, 0.1) is 18.2 Å². The van der Waals surface area contributed by atoms with Crippen molar-refractivity contribution in [3.05, 3.63) is 65.0 Å². The zero-order valence-corrected chi connectivity index (χ0v) is 17.3. The lowest BCUT2D eigenvalue weighted by Crippen LogP contribution is -2.40. The fourth-order valence-corrected chi connectivity index (χ4v) is 2.87. The molecule has 0 spiro atoms. The van der Waals surface area contributed by atoms with Gasteiger partial charge in [-0.3, -0.25) is 4.79 Å². The fourth-order valence-electron chi connectivity index (χ4n) is 2.87. The number of halogens is 3. The van der Waals surface area contributed by atoms with E-state index in [-0.39, 0.29) is 18.1 Å². The summed E-state index contributed by atoms with van der Waals surface area (Å²) in [6.45, 7) is 2.04. The normalized spacial score (nSPS) is 13.2. The van der Waals surface area contributed by atoms with Crippen LogP contribution in [0.25, 0.3) is 0 Å². The zero-order valence-electron chi connectivity index (χ0n) is 17.3. The minimum absolute atomic E-state index is 0.113. The van der Waals surface area contributed by atoms with Gasteiger partial charge in [0, 0.05) is 0 Å². The summed E-state index contributed by atoms with van der Waals surface area (Å²) < 4.78 is 48.1. The zero-order chi connectivity index (χ0) is 23.1. The van der Waals surface area contributed by atoms with Gasteiger partial charge >= 0.3 is 12.6 Å². The number of aromatic carboxylic acids is 1. The van der Waals surface area contributed by atoms with E-state index in [1.165, 1.54) is 18.2 Å². The summed E-state index contributed by atoms with van der Waals surface area (Å²) in [5, 5.41) is 11.8. The molecule has 0 saturated carbocycles. The Bertz CT molecular complexity index is 903. The third-order valence-corrected chi connectivity index (χ3v) is 4.52. The highest BCUT2D eigenvalue weighted by Crippen LogP contribution is 2.22. The van der Waals surface area contributed by atoms with Gasteiger partial charge in [-0.2, -0.15) is 8.78 Å². The van der Waals surface area contributed by atoms with Crippen molar-refractivity contribution in [2.45, 2.75) is 46.1 Å². The summed E-state index contributed by atoms with van der Waals surface area (Å²) in [5.41, 5.74) is 1.22. The minimum atomic E-state index is -3.16. The molecule has 2 N–H and O–H groups in total. The van der Waals surface area contributed by atoms with E-state index in [4.69, 9.17) is 9.84 Å². The van der Waals surface area contributed by atoms with Gasteiger partial charge in [0.1, 0.15) is 6.10 Å². The molecule has 0 fully saturated rings. The molecule has 2 unspecified atom stereocenters. The highest BCUT2D eigenvalue weighted by molar-refractivity contribution is 5.87. The Morgan fingerprint density at radius 3 is 2.26 bits per heavy atom. The molecule has 2 aromatic rings. The van der Waals surface area contributed by atoms with Crippen LogP contribution in [0.5, 0.6) is 5.75 Å². The first-order valence-corrected chi connectivity index (χ1v) is 9.57. The number of carboxylic acid groups (broad SMARTS) is 1. The first kappa shape index (κ1) is 24.2. The van der Waals surface area contributed by atoms with Crippen LogP contribution in [0, 0.1) is 11.7 Å². The van der Waals surface area contributed by atoms with Crippen LogP contribution in [0.1, 0.15) is 48.3 Å². The molecule has 2 atom stereocenters. The maximum atomic E-state index is 13.6. The molecule has 0 radical (unpaired) electrons. The van der Waals surface area contributed by atoms with Crippen LogP contribution in [0.2, 0.25) is 0 Å². The summed E-state index contributed by atoms with van der Waals surface area (Å²) in [5.74, 6) is -3.17. The van der Waals surface area contributed by atoms with Crippen molar-refractivity contribution in [2.75, 3.05) is 0 Å². The lowest BCUT2D eigenvalue weighted by atomic mass is 10.0. The second-order valence-electron chi connectivity index (χ2n) is 7.28. The quantitative estimate of drug-likeness (QED) is 0.568. The van der Waals surface area contributed by atoms with Gasteiger partial charge in [-0.25, -0.2) is 9.18 Å². The molecule has 0 aromatic heterocycles. The Balaban J connectivity index is 2.03. The van der Waals surface area contributed by atoms with E-state index >= 15 is 0 Å². The fraction of sp³-hybridized carbons (Fsp3) is 0.364.